The number of hydrogen-bond acceptors (Lipinski definition) is 6. The van der Waals surface area contributed by atoms with Crippen molar-refractivity contribution in [1.29, 1.82) is 5.26 Å². The van der Waals surface area contributed by atoms with Gasteiger partial charge in [-0.15, -0.1) is 11.3 Å². The Labute approximate surface area is 134 Å². The van der Waals surface area contributed by atoms with Crippen molar-refractivity contribution in [2.45, 2.75) is 26.2 Å². The monoisotopic (exact) mass is 314 g/mol. The van der Waals surface area contributed by atoms with Crippen molar-refractivity contribution < 1.29 is 4.74 Å². The lowest BCUT2D eigenvalue weighted by molar-refractivity contribution is 0.307. The summed E-state index contributed by atoms with van der Waals surface area (Å²) in [5, 5.41) is 15.4. The van der Waals surface area contributed by atoms with Crippen molar-refractivity contribution in [2.75, 3.05) is 12.0 Å². The van der Waals surface area contributed by atoms with Gasteiger partial charge in [0.1, 0.15) is 5.75 Å². The number of aromatic nitrogens is 1. The van der Waals surface area contributed by atoms with Crippen LogP contribution in [0.3, 0.4) is 0 Å². The fourth-order valence-corrected chi connectivity index (χ4v) is 2.39. The van der Waals surface area contributed by atoms with Crippen LogP contribution in [0.5, 0.6) is 5.75 Å². The second kappa shape index (κ2) is 8.80. The van der Waals surface area contributed by atoms with Gasteiger partial charge in [0.2, 0.25) is 5.13 Å². The third-order valence-electron chi connectivity index (χ3n) is 2.80. The van der Waals surface area contributed by atoms with Crippen LogP contribution in [0.15, 0.2) is 34.7 Å². The summed E-state index contributed by atoms with van der Waals surface area (Å²) in [6, 6.07) is 9.87. The molecule has 2 rings (SSSR count). The van der Waals surface area contributed by atoms with Crippen molar-refractivity contribution in [3.05, 3.63) is 40.9 Å². The highest BCUT2D eigenvalue weighted by atomic mass is 32.1. The van der Waals surface area contributed by atoms with Crippen LogP contribution >= 0.6 is 11.3 Å². The standard InChI is InChI=1S/C16H18N4OS/c1-13-12-22-16(19-13)20-18-11-14-6-5-7-15(10-14)21-9-4-2-3-8-17/h5-7,10-12H,2-4,9H2,1H3,(H,19,20). The van der Waals surface area contributed by atoms with E-state index in [4.69, 9.17) is 10.00 Å². The Kier molecular flexibility index (Phi) is 6.39. The predicted octanol–water partition coefficient (Wildman–Crippen LogP) is 3.97. The van der Waals surface area contributed by atoms with E-state index in [0.29, 0.717) is 13.0 Å². The lowest BCUT2D eigenvalue weighted by atomic mass is 10.2. The number of ether oxygens (including phenoxy) is 1. The van der Waals surface area contributed by atoms with Crippen LogP contribution in [0.1, 0.15) is 30.5 Å². The largest absolute Gasteiger partial charge is 0.494 e. The number of unbranched alkanes of at least 4 members (excludes halogenated alkanes) is 2. The molecule has 0 unspecified atom stereocenters. The van der Waals surface area contributed by atoms with Gasteiger partial charge in [-0.05, 0) is 37.5 Å². The summed E-state index contributed by atoms with van der Waals surface area (Å²) in [4.78, 5) is 4.27. The molecule has 0 amide bonds. The van der Waals surface area contributed by atoms with E-state index in [0.717, 1.165) is 35.0 Å². The molecule has 1 N–H and O–H groups in total. The maximum atomic E-state index is 8.47. The molecule has 5 nitrogen and oxygen atoms in total. The van der Waals surface area contributed by atoms with E-state index in [1.165, 1.54) is 11.3 Å². The fourth-order valence-electron chi connectivity index (χ4n) is 1.75. The number of nitrogens with zero attached hydrogens (tertiary/aromatic N) is 3. The van der Waals surface area contributed by atoms with Crippen molar-refractivity contribution in [3.8, 4) is 11.8 Å². The number of nitriles is 1. The Morgan fingerprint density at radius 1 is 1.45 bits per heavy atom. The SMILES string of the molecule is Cc1csc(NN=Cc2cccc(OCCCCC#N)c2)n1. The zero-order valence-corrected chi connectivity index (χ0v) is 13.3. The van der Waals surface area contributed by atoms with Gasteiger partial charge in [-0.1, -0.05) is 12.1 Å². The normalized spacial score (nSPS) is 10.5. The lowest BCUT2D eigenvalue weighted by Gasteiger charge is -2.05. The minimum absolute atomic E-state index is 0.581. The van der Waals surface area contributed by atoms with Crippen molar-refractivity contribution >= 4 is 22.7 Å². The molecule has 22 heavy (non-hydrogen) atoms. The van der Waals surface area contributed by atoms with E-state index < -0.39 is 0 Å². The summed E-state index contributed by atoms with van der Waals surface area (Å²) < 4.78 is 5.66. The third-order valence-corrected chi connectivity index (χ3v) is 3.67. The van der Waals surface area contributed by atoms with Gasteiger partial charge in [0.25, 0.3) is 0 Å². The first kappa shape index (κ1) is 16.0. The molecule has 114 valence electrons. The van der Waals surface area contributed by atoms with Gasteiger partial charge in [-0.3, -0.25) is 5.43 Å². The average molecular weight is 314 g/mol. The van der Waals surface area contributed by atoms with Crippen LogP contribution in [0, 0.1) is 18.3 Å². The Balaban J connectivity index is 1.81. The van der Waals surface area contributed by atoms with Gasteiger partial charge in [-0.25, -0.2) is 4.98 Å². The highest BCUT2D eigenvalue weighted by Crippen LogP contribution is 2.15. The topological polar surface area (TPSA) is 70.3 Å². The maximum Gasteiger partial charge on any atom is 0.203 e. The molecule has 1 aromatic carbocycles. The molecule has 0 aliphatic carbocycles. The molecule has 0 saturated heterocycles. The van der Waals surface area contributed by atoms with E-state index in [-0.39, 0.29) is 0 Å². The van der Waals surface area contributed by atoms with Crippen LogP contribution in [0.4, 0.5) is 5.13 Å². The van der Waals surface area contributed by atoms with Crippen LogP contribution in [0.25, 0.3) is 0 Å². The number of anilines is 1. The molecule has 0 bridgehead atoms. The first-order chi connectivity index (χ1) is 10.8. The summed E-state index contributed by atoms with van der Waals surface area (Å²) in [5.41, 5.74) is 4.84. The van der Waals surface area contributed by atoms with Crippen molar-refractivity contribution in [1.82, 2.24) is 4.98 Å². The first-order valence-electron chi connectivity index (χ1n) is 7.09. The summed E-state index contributed by atoms with van der Waals surface area (Å²) in [7, 11) is 0. The Hall–Kier alpha value is -2.39. The number of nitrogens with one attached hydrogen (secondary N) is 1. The molecule has 0 spiro atoms. The fraction of sp³-hybridized carbons (Fsp3) is 0.312. The number of benzene rings is 1. The summed E-state index contributed by atoms with van der Waals surface area (Å²) in [5.74, 6) is 0.811. The third kappa shape index (κ3) is 5.54. The van der Waals surface area contributed by atoms with Crippen LogP contribution in [-0.4, -0.2) is 17.8 Å². The Morgan fingerprint density at radius 3 is 3.14 bits per heavy atom. The minimum atomic E-state index is 0.581. The number of aryl methyl sites for hydroxylation is 1. The molecule has 1 heterocycles. The van der Waals surface area contributed by atoms with Crippen LogP contribution in [0.2, 0.25) is 0 Å². The summed E-state index contributed by atoms with van der Waals surface area (Å²) >= 11 is 1.52. The molecule has 2 aromatic rings. The van der Waals surface area contributed by atoms with E-state index in [2.05, 4.69) is 21.6 Å². The van der Waals surface area contributed by atoms with Crippen molar-refractivity contribution in [3.63, 3.8) is 0 Å². The van der Waals surface area contributed by atoms with E-state index >= 15 is 0 Å². The van der Waals surface area contributed by atoms with E-state index in [9.17, 15) is 0 Å². The molecule has 6 heteroatoms. The highest BCUT2D eigenvalue weighted by molar-refractivity contribution is 7.13. The molecule has 0 radical (unpaired) electrons. The Bertz CT molecular complexity index is 660. The second-order valence-electron chi connectivity index (χ2n) is 4.70. The van der Waals surface area contributed by atoms with Gasteiger partial charge in [0, 0.05) is 11.8 Å². The summed E-state index contributed by atoms with van der Waals surface area (Å²) in [6.07, 6.45) is 4.07. The molecular weight excluding hydrogens is 296 g/mol. The average Bonchev–Trinajstić information content (AvgIpc) is 2.93. The number of hydrazone groups is 1. The van der Waals surface area contributed by atoms with Crippen molar-refractivity contribution in [2.24, 2.45) is 5.10 Å². The van der Waals surface area contributed by atoms with Gasteiger partial charge in [-0.2, -0.15) is 10.4 Å². The number of thiazole rings is 1. The van der Waals surface area contributed by atoms with Gasteiger partial charge in [0.15, 0.2) is 0 Å². The molecular formula is C16H18N4OS. The van der Waals surface area contributed by atoms with Crippen LogP contribution in [-0.2, 0) is 0 Å². The second-order valence-corrected chi connectivity index (χ2v) is 5.56. The van der Waals surface area contributed by atoms with Gasteiger partial charge in [0.05, 0.1) is 24.6 Å². The zero-order valence-electron chi connectivity index (χ0n) is 12.5. The quantitative estimate of drug-likeness (QED) is 0.454. The van der Waals surface area contributed by atoms with Gasteiger partial charge < -0.3 is 4.74 Å². The zero-order chi connectivity index (χ0) is 15.6. The predicted molar refractivity (Wildman–Crippen MR) is 89.5 cm³/mol. The molecule has 1 aromatic heterocycles. The summed E-state index contributed by atoms with van der Waals surface area (Å²) in [6.45, 7) is 2.57. The molecule has 0 saturated carbocycles. The molecule has 0 fully saturated rings. The van der Waals surface area contributed by atoms with E-state index in [1.54, 1.807) is 6.21 Å². The maximum absolute atomic E-state index is 8.47. The molecule has 0 aliphatic heterocycles. The number of rotatable bonds is 8. The minimum Gasteiger partial charge on any atom is -0.494 e. The van der Waals surface area contributed by atoms with Crippen LogP contribution < -0.4 is 10.2 Å². The smallest absolute Gasteiger partial charge is 0.203 e. The first-order valence-corrected chi connectivity index (χ1v) is 7.97. The Morgan fingerprint density at radius 2 is 2.36 bits per heavy atom. The molecule has 0 atom stereocenters. The van der Waals surface area contributed by atoms with E-state index in [1.807, 2.05) is 36.6 Å². The highest BCUT2D eigenvalue weighted by Gasteiger charge is 1.97. The number of hydrogen-bond donors (Lipinski definition) is 1. The molecule has 0 aliphatic rings. The van der Waals surface area contributed by atoms with Gasteiger partial charge >= 0.3 is 0 Å². The lowest BCUT2D eigenvalue weighted by Crippen LogP contribution is -1.97.